The van der Waals surface area contributed by atoms with E-state index in [0.717, 1.165) is 5.56 Å². The fourth-order valence-electron chi connectivity index (χ4n) is 4.28. The highest BCUT2D eigenvalue weighted by molar-refractivity contribution is 7.89. The third-order valence-corrected chi connectivity index (χ3v) is 9.34. The van der Waals surface area contributed by atoms with Gasteiger partial charge in [0.05, 0.1) is 22.7 Å². The molecule has 1 aliphatic rings. The summed E-state index contributed by atoms with van der Waals surface area (Å²) in [6.45, 7) is 2.41. The Morgan fingerprint density at radius 2 is 1.81 bits per heavy atom. The van der Waals surface area contributed by atoms with Crippen molar-refractivity contribution >= 4 is 54.2 Å². The Kier molecular flexibility index (Phi) is 9.57. The summed E-state index contributed by atoms with van der Waals surface area (Å²) in [4.78, 5) is 14.6. The minimum absolute atomic E-state index is 0.0721. The number of para-hydroxylation sites is 1. The molecule has 1 saturated heterocycles. The monoisotopic (exact) mass is 636 g/mol. The lowest BCUT2D eigenvalue weighted by atomic mass is 10.2. The molecule has 3 aromatic carbocycles. The molecule has 1 fully saturated rings. The molecule has 12 nitrogen and oxygen atoms in total. The van der Waals surface area contributed by atoms with Gasteiger partial charge in [0.1, 0.15) is 33.5 Å². The summed E-state index contributed by atoms with van der Waals surface area (Å²) in [5.74, 6) is 0.000263. The van der Waals surface area contributed by atoms with Crippen LogP contribution in [-0.4, -0.2) is 69.0 Å². The number of halogens is 1. The smallest absolute Gasteiger partial charge is 0.358 e. The number of nitrogens with zero attached hydrogens (tertiary/aromatic N) is 1. The Morgan fingerprint density at radius 1 is 1.14 bits per heavy atom. The van der Waals surface area contributed by atoms with Gasteiger partial charge < -0.3 is 24.7 Å². The number of nitrogens with two attached hydrogens (primary N) is 1. The Balaban J connectivity index is 0.000000310. The Morgan fingerprint density at radius 3 is 2.43 bits per heavy atom. The molecule has 0 spiro atoms. The van der Waals surface area contributed by atoms with Crippen molar-refractivity contribution in [3.05, 3.63) is 83.0 Å². The summed E-state index contributed by atoms with van der Waals surface area (Å²) in [6, 6.07) is 17.9. The summed E-state index contributed by atoms with van der Waals surface area (Å²) < 4.78 is 71.0. The van der Waals surface area contributed by atoms with Crippen molar-refractivity contribution in [1.29, 1.82) is 0 Å². The molecule has 224 valence electrons. The summed E-state index contributed by atoms with van der Waals surface area (Å²) in [5.41, 5.74) is 10.7. The van der Waals surface area contributed by atoms with E-state index in [4.69, 9.17) is 26.8 Å². The number of ether oxygens (including phenoxy) is 2. The molecule has 0 aliphatic carbocycles. The van der Waals surface area contributed by atoms with Gasteiger partial charge in [-0.2, -0.15) is 4.31 Å². The first kappa shape index (κ1) is 31.4. The van der Waals surface area contributed by atoms with Crippen molar-refractivity contribution in [2.24, 2.45) is 0 Å². The zero-order valence-electron chi connectivity index (χ0n) is 22.4. The number of carbonyl (C=O) groups is 1. The van der Waals surface area contributed by atoms with E-state index < -0.39 is 32.2 Å². The summed E-state index contributed by atoms with van der Waals surface area (Å²) >= 11 is 6.10. The molecule has 6 N–H and O–H groups in total. The van der Waals surface area contributed by atoms with Crippen LogP contribution in [0.25, 0.3) is 10.9 Å². The number of aryl methyl sites for hydroxylation is 1. The molecule has 0 saturated carbocycles. The van der Waals surface area contributed by atoms with Gasteiger partial charge in [0.2, 0.25) is 10.0 Å². The molecule has 42 heavy (non-hydrogen) atoms. The number of rotatable bonds is 7. The lowest BCUT2D eigenvalue weighted by Gasteiger charge is -2.32. The van der Waals surface area contributed by atoms with Crippen LogP contribution >= 0.6 is 11.6 Å². The number of morpholine rings is 1. The van der Waals surface area contributed by atoms with Gasteiger partial charge in [0, 0.05) is 23.5 Å². The van der Waals surface area contributed by atoms with Crippen LogP contribution in [0, 0.1) is 6.92 Å². The minimum atomic E-state index is -4.27. The SMILES string of the molecule is Cc1ccc(S(=O)(=O)[O-])cc1.Nc1cc(Cl)cc2c(S(=O)(=O)N3CCOC(COc4ccccc4)C3)c(C([NH3+])=O)[nH]c12. The molecule has 1 atom stereocenters. The lowest BCUT2D eigenvalue weighted by molar-refractivity contribution is -0.255. The number of hydrogen-bond acceptors (Lipinski definition) is 9. The van der Waals surface area contributed by atoms with Gasteiger partial charge in [-0.25, -0.2) is 21.6 Å². The number of carbonyl (C=O) groups excluding carboxylic acids is 1. The summed E-state index contributed by atoms with van der Waals surface area (Å²) in [7, 11) is -8.35. The quantitative estimate of drug-likeness (QED) is 0.201. The Bertz CT molecular complexity index is 1800. The molecule has 1 unspecified atom stereocenters. The van der Waals surface area contributed by atoms with Crippen LogP contribution in [0.4, 0.5) is 5.69 Å². The van der Waals surface area contributed by atoms with Crippen LogP contribution in [0.1, 0.15) is 16.1 Å². The van der Waals surface area contributed by atoms with E-state index in [1.54, 1.807) is 12.1 Å². The third-order valence-electron chi connectivity index (χ3n) is 6.32. The van der Waals surface area contributed by atoms with Crippen LogP contribution < -0.4 is 16.2 Å². The van der Waals surface area contributed by atoms with Crippen molar-refractivity contribution < 1.29 is 41.4 Å². The second-order valence-electron chi connectivity index (χ2n) is 9.42. The largest absolute Gasteiger partial charge is 0.744 e. The number of aromatic amines is 1. The normalized spacial score (nSPS) is 16.0. The van der Waals surface area contributed by atoms with E-state index in [9.17, 15) is 26.2 Å². The predicted octanol–water partition coefficient (Wildman–Crippen LogP) is 2.15. The maximum atomic E-state index is 13.6. The number of nitrogen functional groups attached to an aromatic ring is 1. The second kappa shape index (κ2) is 12.8. The molecule has 15 heteroatoms. The number of fused-ring (bicyclic) bond motifs is 1. The van der Waals surface area contributed by atoms with Crippen LogP contribution in [0.5, 0.6) is 5.75 Å². The molecular weight excluding hydrogens is 608 g/mol. The second-order valence-corrected chi connectivity index (χ2v) is 13.1. The molecule has 0 radical (unpaired) electrons. The number of amides is 1. The van der Waals surface area contributed by atoms with Crippen LogP contribution in [0.3, 0.4) is 0 Å². The van der Waals surface area contributed by atoms with E-state index in [1.807, 2.05) is 37.3 Å². The average molecular weight is 637 g/mol. The number of benzene rings is 3. The fraction of sp³-hybridized carbons (Fsp3) is 0.222. The van der Waals surface area contributed by atoms with Crippen molar-refractivity contribution in [1.82, 2.24) is 9.29 Å². The number of sulfonamides is 1. The van der Waals surface area contributed by atoms with Gasteiger partial charge in [-0.3, -0.25) is 5.73 Å². The molecule has 0 bridgehead atoms. The maximum absolute atomic E-state index is 13.6. The number of hydrogen-bond donors (Lipinski definition) is 3. The highest BCUT2D eigenvalue weighted by Crippen LogP contribution is 2.35. The first-order valence-electron chi connectivity index (χ1n) is 12.6. The predicted molar refractivity (Wildman–Crippen MR) is 155 cm³/mol. The number of quaternary nitrogens is 1. The fourth-order valence-corrected chi connectivity index (χ4v) is 6.77. The number of H-pyrrole nitrogens is 1. The van der Waals surface area contributed by atoms with Crippen LogP contribution in [0.2, 0.25) is 5.02 Å². The standard InChI is InChI=1S/C20H21ClN4O5S.C7H8O3S/c21-12-8-15-17(16(22)9-12)24-18(20(23)26)19(15)31(27,28)25-6-7-29-14(10-25)11-30-13-4-2-1-3-5-13;1-6-2-4-7(5-3-6)11(8,9)10/h1-5,8-9,14,24H,6-7,10-11,22H2,(H2,23,26);2-5H,1H3,(H,8,9,10). The van der Waals surface area contributed by atoms with Gasteiger partial charge in [0.25, 0.3) is 0 Å². The molecular formula is C27H29ClN4O8S2. The molecule has 2 heterocycles. The van der Waals surface area contributed by atoms with Crippen molar-refractivity contribution in [3.63, 3.8) is 0 Å². The molecule has 4 aromatic rings. The van der Waals surface area contributed by atoms with E-state index >= 15 is 0 Å². The summed E-state index contributed by atoms with van der Waals surface area (Å²) in [5, 5.41) is 0.514. The van der Waals surface area contributed by atoms with Crippen molar-refractivity contribution in [2.75, 3.05) is 32.0 Å². The number of nitrogens with one attached hydrogen (secondary N) is 1. The van der Waals surface area contributed by atoms with Gasteiger partial charge in [-0.15, -0.1) is 0 Å². The van der Waals surface area contributed by atoms with Crippen LogP contribution in [0.15, 0.2) is 76.5 Å². The maximum Gasteiger partial charge on any atom is 0.358 e. The molecule has 1 aliphatic heterocycles. The Hall–Kier alpha value is -3.50. The first-order chi connectivity index (χ1) is 19.8. The average Bonchev–Trinajstić information content (AvgIpc) is 3.34. The van der Waals surface area contributed by atoms with Gasteiger partial charge >= 0.3 is 5.91 Å². The van der Waals surface area contributed by atoms with Crippen molar-refractivity contribution in [2.45, 2.75) is 22.8 Å². The number of anilines is 1. The van der Waals surface area contributed by atoms with E-state index in [0.29, 0.717) is 11.3 Å². The zero-order chi connectivity index (χ0) is 30.7. The minimum Gasteiger partial charge on any atom is -0.744 e. The highest BCUT2D eigenvalue weighted by Gasteiger charge is 2.37. The zero-order valence-corrected chi connectivity index (χ0v) is 24.8. The highest BCUT2D eigenvalue weighted by atomic mass is 35.5. The van der Waals surface area contributed by atoms with E-state index in [2.05, 4.69) is 10.7 Å². The molecule has 5 rings (SSSR count). The first-order valence-corrected chi connectivity index (χ1v) is 15.8. The number of aromatic nitrogens is 1. The van der Waals surface area contributed by atoms with Crippen LogP contribution in [-0.2, 0) is 24.9 Å². The van der Waals surface area contributed by atoms with E-state index in [-0.39, 0.29) is 57.9 Å². The van der Waals surface area contributed by atoms with Gasteiger partial charge in [0.15, 0.2) is 5.69 Å². The summed E-state index contributed by atoms with van der Waals surface area (Å²) in [6.07, 6.45) is -0.471. The third kappa shape index (κ3) is 7.28. The molecule has 1 amide bonds. The van der Waals surface area contributed by atoms with Gasteiger partial charge in [-0.05, 0) is 43.3 Å². The van der Waals surface area contributed by atoms with Crippen molar-refractivity contribution in [3.8, 4) is 5.75 Å². The van der Waals surface area contributed by atoms with E-state index in [1.165, 1.54) is 28.6 Å². The molecule has 1 aromatic heterocycles. The lowest BCUT2D eigenvalue weighted by Crippen LogP contribution is -2.57. The topological polar surface area (TPSA) is 200 Å². The Labute approximate surface area is 248 Å². The van der Waals surface area contributed by atoms with Gasteiger partial charge in [-0.1, -0.05) is 47.5 Å².